The minimum Gasteiger partial charge on any atom is -0.507 e. The highest BCUT2D eigenvalue weighted by atomic mass is 16.5. The highest BCUT2D eigenvalue weighted by Crippen LogP contribution is 2.28. The molecule has 0 spiro atoms. The largest absolute Gasteiger partial charge is 0.507 e. The number of rotatable bonds is 14. The second-order valence-corrected chi connectivity index (χ2v) is 10.1. The van der Waals surface area contributed by atoms with E-state index in [0.29, 0.717) is 28.9 Å². The highest BCUT2D eigenvalue weighted by molar-refractivity contribution is 6.06. The van der Waals surface area contributed by atoms with Crippen LogP contribution >= 0.6 is 0 Å². The summed E-state index contributed by atoms with van der Waals surface area (Å²) in [4.78, 5) is 19.9. The Hall–Kier alpha value is -2.70. The predicted octanol–water partition coefficient (Wildman–Crippen LogP) is 7.48. The second kappa shape index (κ2) is 17.7. The van der Waals surface area contributed by atoms with Gasteiger partial charge in [0.25, 0.3) is 0 Å². The zero-order valence-corrected chi connectivity index (χ0v) is 24.3. The topological polar surface area (TPSA) is 74.2 Å². The monoisotopic (exact) mass is 523 g/mol. The lowest BCUT2D eigenvalue weighted by atomic mass is 10.0. The van der Waals surface area contributed by atoms with E-state index in [0.717, 1.165) is 57.0 Å². The van der Waals surface area contributed by atoms with Gasteiger partial charge in [-0.2, -0.15) is 0 Å². The molecular weight excluding hydrogens is 474 g/mol. The maximum Gasteiger partial charge on any atom is 0.165 e. The van der Waals surface area contributed by atoms with Crippen molar-refractivity contribution < 1.29 is 14.6 Å². The number of ether oxygens (including phenoxy) is 1. The summed E-state index contributed by atoms with van der Waals surface area (Å²) < 4.78 is 5.03. The fourth-order valence-corrected chi connectivity index (χ4v) is 4.54. The van der Waals surface area contributed by atoms with Crippen LogP contribution in [0.1, 0.15) is 88.6 Å². The first kappa shape index (κ1) is 31.5. The Bertz CT molecular complexity index is 1010. The lowest BCUT2D eigenvalue weighted by Crippen LogP contribution is -2.24. The Labute approximate surface area is 230 Å². The van der Waals surface area contributed by atoms with Gasteiger partial charge in [0.2, 0.25) is 0 Å². The molecule has 1 atom stereocenters. The van der Waals surface area contributed by atoms with Crippen LogP contribution in [0.25, 0.3) is 0 Å². The predicted molar refractivity (Wildman–Crippen MR) is 160 cm³/mol. The van der Waals surface area contributed by atoms with Gasteiger partial charge >= 0.3 is 0 Å². The summed E-state index contributed by atoms with van der Waals surface area (Å²) >= 11 is 0. The maximum absolute atomic E-state index is 12.7. The summed E-state index contributed by atoms with van der Waals surface area (Å²) in [5.74, 6) is 1.25. The number of Topliss-reactive ketones (excluding diaryl/α,β-unsaturated/α-hetero) is 1. The number of methoxy groups -OCH3 is 1. The van der Waals surface area contributed by atoms with Gasteiger partial charge in [0.15, 0.2) is 5.78 Å². The van der Waals surface area contributed by atoms with Crippen LogP contribution in [0, 0.1) is 5.92 Å². The number of nitrogens with one attached hydrogen (secondary N) is 1. The van der Waals surface area contributed by atoms with Crippen molar-refractivity contribution >= 4 is 22.9 Å². The number of ketones is 1. The van der Waals surface area contributed by atoms with E-state index in [9.17, 15) is 9.90 Å². The second-order valence-electron chi connectivity index (χ2n) is 10.1. The van der Waals surface area contributed by atoms with E-state index >= 15 is 0 Å². The van der Waals surface area contributed by atoms with E-state index in [1.165, 1.54) is 25.9 Å². The minimum absolute atomic E-state index is 0.111. The van der Waals surface area contributed by atoms with Crippen LogP contribution in [0.15, 0.2) is 47.5 Å². The third kappa shape index (κ3) is 10.6. The van der Waals surface area contributed by atoms with Crippen LogP contribution < -0.4 is 5.32 Å². The Morgan fingerprint density at radius 3 is 2.53 bits per heavy atom. The first-order chi connectivity index (χ1) is 18.4. The fraction of sp³-hybridized carbons (Fsp3) is 0.562. The normalized spacial score (nSPS) is 15.7. The van der Waals surface area contributed by atoms with Crippen molar-refractivity contribution in [1.29, 1.82) is 0 Å². The number of para-hydroxylation sites is 1. The van der Waals surface area contributed by atoms with Crippen LogP contribution in [0.3, 0.4) is 0 Å². The van der Waals surface area contributed by atoms with Crippen molar-refractivity contribution in [2.45, 2.75) is 72.6 Å². The number of hydrogen-bond acceptors (Lipinski definition) is 6. The maximum atomic E-state index is 12.7. The van der Waals surface area contributed by atoms with Gasteiger partial charge in [0.05, 0.1) is 12.3 Å². The highest BCUT2D eigenvalue weighted by Gasteiger charge is 2.19. The standard InChI is InChI=1S/C23H30N2O2.C9H19NO/c1-4-6-11-23(27)20-16-18(24-15-7-5-2)13-14-21(20)25-17(3)19-10-8-9-12-22(19)26;1-3-9-4-5-10(8-9)6-7-11-2/h8-10,12-14,16,24,26H,4-7,11,15H2,1-3H3;9H,3-8H2,1-2H3. The third-order valence-electron chi connectivity index (χ3n) is 7.05. The number of carbonyl (C=O) groups excluding carboxylic acids is 1. The lowest BCUT2D eigenvalue weighted by molar-refractivity contribution is 0.0980. The number of unbranched alkanes of at least 4 members (excludes halogenated alkanes) is 2. The average Bonchev–Trinajstić information content (AvgIpc) is 3.40. The SMILES string of the molecule is CCC1CCN(CCOC)C1.CCCCNc1ccc(N=C(C)c2ccccc2O)c(C(=O)CCCC)c1. The van der Waals surface area contributed by atoms with Crippen molar-refractivity contribution in [3.63, 3.8) is 0 Å². The number of aromatic hydroxyl groups is 1. The van der Waals surface area contributed by atoms with E-state index in [4.69, 9.17) is 4.74 Å². The molecule has 0 amide bonds. The van der Waals surface area contributed by atoms with Crippen molar-refractivity contribution in [2.75, 3.05) is 45.2 Å². The first-order valence-electron chi connectivity index (χ1n) is 14.4. The molecule has 2 aromatic rings. The summed E-state index contributed by atoms with van der Waals surface area (Å²) in [6, 6.07) is 12.9. The number of hydrogen-bond donors (Lipinski definition) is 2. The molecule has 2 aromatic carbocycles. The molecule has 0 bridgehead atoms. The molecular formula is C32H49N3O3. The number of carbonyl (C=O) groups is 1. The molecule has 0 aromatic heterocycles. The minimum atomic E-state index is 0.111. The van der Waals surface area contributed by atoms with Crippen molar-refractivity contribution in [3.05, 3.63) is 53.6 Å². The number of likely N-dealkylation sites (tertiary alicyclic amines) is 1. The first-order valence-corrected chi connectivity index (χ1v) is 14.4. The quantitative estimate of drug-likeness (QED) is 0.152. The fourth-order valence-electron chi connectivity index (χ4n) is 4.54. The molecule has 1 heterocycles. The summed E-state index contributed by atoms with van der Waals surface area (Å²) in [5, 5.41) is 13.4. The molecule has 1 saturated heterocycles. The van der Waals surface area contributed by atoms with E-state index in [-0.39, 0.29) is 11.5 Å². The van der Waals surface area contributed by atoms with E-state index in [1.807, 2.05) is 37.3 Å². The molecule has 0 radical (unpaired) electrons. The molecule has 0 aliphatic carbocycles. The third-order valence-corrected chi connectivity index (χ3v) is 7.05. The number of benzene rings is 2. The van der Waals surface area contributed by atoms with Crippen LogP contribution in [-0.2, 0) is 4.74 Å². The summed E-state index contributed by atoms with van der Waals surface area (Å²) in [6.45, 7) is 13.8. The van der Waals surface area contributed by atoms with Gasteiger partial charge in [0.1, 0.15) is 5.75 Å². The van der Waals surface area contributed by atoms with Crippen molar-refractivity contribution in [2.24, 2.45) is 10.9 Å². The average molecular weight is 524 g/mol. The molecule has 1 fully saturated rings. The van der Waals surface area contributed by atoms with Gasteiger partial charge in [-0.05, 0) is 69.0 Å². The Kier molecular flexibility index (Phi) is 14.7. The molecule has 3 rings (SSSR count). The van der Waals surface area contributed by atoms with E-state index in [2.05, 4.69) is 36.0 Å². The molecule has 6 nitrogen and oxygen atoms in total. The lowest BCUT2D eigenvalue weighted by Gasteiger charge is -2.14. The molecule has 1 aliphatic rings. The molecule has 6 heteroatoms. The zero-order valence-electron chi connectivity index (χ0n) is 24.3. The van der Waals surface area contributed by atoms with Gasteiger partial charge in [-0.15, -0.1) is 0 Å². The van der Waals surface area contributed by atoms with Crippen molar-refractivity contribution in [3.8, 4) is 5.75 Å². The van der Waals surface area contributed by atoms with E-state index < -0.39 is 0 Å². The van der Waals surface area contributed by atoms with Gasteiger partial charge in [-0.1, -0.05) is 52.2 Å². The number of phenolic OH excluding ortho intramolecular Hbond substituents is 1. The number of aliphatic imine (C=N–C) groups is 1. The molecule has 1 unspecified atom stereocenters. The van der Waals surface area contributed by atoms with E-state index in [1.54, 1.807) is 19.2 Å². The van der Waals surface area contributed by atoms with Crippen molar-refractivity contribution in [1.82, 2.24) is 4.90 Å². The van der Waals surface area contributed by atoms with Gasteiger partial charge < -0.3 is 20.1 Å². The Morgan fingerprint density at radius 1 is 1.11 bits per heavy atom. The molecule has 210 valence electrons. The number of anilines is 1. The summed E-state index contributed by atoms with van der Waals surface area (Å²) in [6.07, 6.45) is 7.31. The molecule has 2 N–H and O–H groups in total. The smallest absolute Gasteiger partial charge is 0.165 e. The van der Waals surface area contributed by atoms with Crippen LogP contribution in [-0.4, -0.2) is 61.4 Å². The van der Waals surface area contributed by atoms with Gasteiger partial charge in [0, 0.05) is 55.7 Å². The summed E-state index contributed by atoms with van der Waals surface area (Å²) in [5.41, 5.74) is 3.60. The molecule has 0 saturated carbocycles. The number of nitrogens with zero attached hydrogens (tertiary/aromatic N) is 2. The number of phenols is 1. The van der Waals surface area contributed by atoms with Gasteiger partial charge in [-0.25, -0.2) is 0 Å². The Morgan fingerprint density at radius 2 is 1.87 bits per heavy atom. The molecule has 38 heavy (non-hydrogen) atoms. The van der Waals surface area contributed by atoms with Gasteiger partial charge in [-0.3, -0.25) is 9.79 Å². The summed E-state index contributed by atoms with van der Waals surface area (Å²) in [7, 11) is 1.77. The zero-order chi connectivity index (χ0) is 27.8. The Balaban J connectivity index is 0.000000384. The van der Waals surface area contributed by atoms with Crippen LogP contribution in [0.5, 0.6) is 5.75 Å². The van der Waals surface area contributed by atoms with Crippen LogP contribution in [0.2, 0.25) is 0 Å². The molecule has 1 aliphatic heterocycles. The van der Waals surface area contributed by atoms with Crippen LogP contribution in [0.4, 0.5) is 11.4 Å².